The lowest BCUT2D eigenvalue weighted by atomic mass is 9.84. The van der Waals surface area contributed by atoms with Crippen LogP contribution in [0.25, 0.3) is 0 Å². The van der Waals surface area contributed by atoms with Crippen LogP contribution in [0.3, 0.4) is 0 Å². The Hall–Kier alpha value is -2.01. The first kappa shape index (κ1) is 25.1. The van der Waals surface area contributed by atoms with Crippen molar-refractivity contribution in [2.45, 2.75) is 75.6 Å². The van der Waals surface area contributed by atoms with E-state index in [1.807, 2.05) is 20.8 Å². The summed E-state index contributed by atoms with van der Waals surface area (Å²) in [5, 5.41) is 2.33. The number of fused-ring (bicyclic) bond motifs is 1. The minimum absolute atomic E-state index is 0.141. The SMILES string of the molecule is CC(C)(C)[S@@+]([O-])N[C@]1(CC[C@@H]2C(=O)NC(=O)N(C3CCOCC3)C2=O)CCc2ccc(F)cc21. The molecule has 8 nitrogen and oxygen atoms in total. The Morgan fingerprint density at radius 3 is 2.65 bits per heavy atom. The number of amides is 4. The molecule has 0 unspecified atom stereocenters. The van der Waals surface area contributed by atoms with Crippen molar-refractivity contribution in [2.75, 3.05) is 13.2 Å². The fraction of sp³-hybridized carbons (Fsp3) is 0.625. The van der Waals surface area contributed by atoms with Crippen molar-refractivity contribution >= 4 is 29.2 Å². The molecule has 2 fully saturated rings. The van der Waals surface area contributed by atoms with Crippen LogP contribution in [0.5, 0.6) is 0 Å². The third kappa shape index (κ3) is 4.86. The highest BCUT2D eigenvalue weighted by Gasteiger charge is 2.48. The minimum Gasteiger partial charge on any atom is -0.598 e. The summed E-state index contributed by atoms with van der Waals surface area (Å²) in [6, 6.07) is 3.60. The Balaban J connectivity index is 1.59. The molecule has 34 heavy (non-hydrogen) atoms. The van der Waals surface area contributed by atoms with Gasteiger partial charge in [0, 0.05) is 30.6 Å². The predicted octanol–water partition coefficient (Wildman–Crippen LogP) is 2.67. The van der Waals surface area contributed by atoms with Crippen molar-refractivity contribution in [3.8, 4) is 0 Å². The largest absolute Gasteiger partial charge is 0.598 e. The van der Waals surface area contributed by atoms with Crippen LogP contribution >= 0.6 is 0 Å². The first-order valence-electron chi connectivity index (χ1n) is 11.8. The standard InChI is InChI=1S/C24H32FN3O5S/c1-23(2,3)34(32)27-24(10-6-15-4-5-16(25)14-19(15)24)11-7-18-20(29)26-22(31)28(21(18)30)17-8-12-33-13-9-17/h4-5,14,17-18,27H,6-13H2,1-3H3,(H,26,29,31)/t18-,24+,34-/m1/s1. The highest BCUT2D eigenvalue weighted by molar-refractivity contribution is 7.90. The number of hydrogen-bond acceptors (Lipinski definition) is 6. The van der Waals surface area contributed by atoms with Gasteiger partial charge in [-0.15, -0.1) is 4.72 Å². The normalized spacial score (nSPS) is 27.0. The van der Waals surface area contributed by atoms with Gasteiger partial charge in [-0.3, -0.25) is 19.8 Å². The highest BCUT2D eigenvalue weighted by Crippen LogP contribution is 2.43. The maximum Gasteiger partial charge on any atom is 0.331 e. The molecule has 2 N–H and O–H groups in total. The van der Waals surface area contributed by atoms with Gasteiger partial charge in [-0.1, -0.05) is 6.07 Å². The Morgan fingerprint density at radius 1 is 1.26 bits per heavy atom. The van der Waals surface area contributed by atoms with E-state index >= 15 is 0 Å². The van der Waals surface area contributed by atoms with Gasteiger partial charge in [-0.2, -0.15) is 0 Å². The Labute approximate surface area is 202 Å². The molecule has 1 aromatic carbocycles. The molecule has 2 aliphatic heterocycles. The van der Waals surface area contributed by atoms with Gasteiger partial charge in [0.1, 0.15) is 16.5 Å². The van der Waals surface area contributed by atoms with E-state index in [1.54, 1.807) is 6.07 Å². The number of barbiturate groups is 1. The van der Waals surface area contributed by atoms with Crippen molar-refractivity contribution in [1.29, 1.82) is 0 Å². The molecule has 3 atom stereocenters. The number of aryl methyl sites for hydroxylation is 1. The van der Waals surface area contributed by atoms with Crippen LogP contribution in [0, 0.1) is 11.7 Å². The van der Waals surface area contributed by atoms with E-state index in [1.165, 1.54) is 17.0 Å². The molecule has 0 radical (unpaired) electrons. The second-order valence-electron chi connectivity index (χ2n) is 10.3. The molecule has 1 aliphatic carbocycles. The molecule has 0 bridgehead atoms. The highest BCUT2D eigenvalue weighted by atomic mass is 32.2. The molecule has 0 saturated carbocycles. The Bertz CT molecular complexity index is 978. The second kappa shape index (κ2) is 9.56. The summed E-state index contributed by atoms with van der Waals surface area (Å²) in [6.07, 6.45) is 2.73. The van der Waals surface area contributed by atoms with E-state index in [2.05, 4.69) is 10.0 Å². The quantitative estimate of drug-likeness (QED) is 0.466. The summed E-state index contributed by atoms with van der Waals surface area (Å²) in [5.41, 5.74) is 0.825. The van der Waals surface area contributed by atoms with Crippen LogP contribution in [0.15, 0.2) is 18.2 Å². The number of ether oxygens (including phenoxy) is 1. The number of hydrogen-bond donors (Lipinski definition) is 2. The predicted molar refractivity (Wildman–Crippen MR) is 124 cm³/mol. The number of urea groups is 1. The molecule has 1 aromatic rings. The molecular weight excluding hydrogens is 461 g/mol. The van der Waals surface area contributed by atoms with Crippen molar-refractivity contribution < 1.29 is 28.1 Å². The first-order valence-corrected chi connectivity index (χ1v) is 12.9. The molecule has 0 spiro atoms. The number of carbonyl (C=O) groups is 3. The lowest BCUT2D eigenvalue weighted by Crippen LogP contribution is -2.62. The van der Waals surface area contributed by atoms with Crippen molar-refractivity contribution in [3.05, 3.63) is 35.1 Å². The average Bonchev–Trinajstić information content (AvgIpc) is 3.11. The van der Waals surface area contributed by atoms with Gasteiger partial charge >= 0.3 is 6.03 Å². The van der Waals surface area contributed by atoms with E-state index in [0.717, 1.165) is 5.56 Å². The van der Waals surface area contributed by atoms with Gasteiger partial charge in [-0.05, 0) is 82.6 Å². The third-order valence-electron chi connectivity index (χ3n) is 6.97. The van der Waals surface area contributed by atoms with Gasteiger partial charge in [0.05, 0.1) is 5.54 Å². The topological polar surface area (TPSA) is 111 Å². The Morgan fingerprint density at radius 2 is 1.97 bits per heavy atom. The molecule has 2 saturated heterocycles. The summed E-state index contributed by atoms with van der Waals surface area (Å²) >= 11 is -1.46. The minimum atomic E-state index is -1.46. The van der Waals surface area contributed by atoms with Crippen LogP contribution in [-0.4, -0.2) is 51.3 Å². The molecule has 186 valence electrons. The van der Waals surface area contributed by atoms with Crippen LogP contribution in [0.2, 0.25) is 0 Å². The van der Waals surface area contributed by atoms with Crippen LogP contribution in [-0.2, 0) is 37.6 Å². The number of benzene rings is 1. The summed E-state index contributed by atoms with van der Waals surface area (Å²) in [7, 11) is 0. The van der Waals surface area contributed by atoms with Gasteiger partial charge in [0.25, 0.3) is 0 Å². The number of rotatable bonds is 6. The van der Waals surface area contributed by atoms with E-state index in [9.17, 15) is 23.3 Å². The van der Waals surface area contributed by atoms with Crippen molar-refractivity contribution in [3.63, 3.8) is 0 Å². The fourth-order valence-corrected chi connectivity index (χ4v) is 5.98. The molecule has 2 heterocycles. The van der Waals surface area contributed by atoms with Crippen molar-refractivity contribution in [1.82, 2.24) is 14.9 Å². The smallest absolute Gasteiger partial charge is 0.331 e. The van der Waals surface area contributed by atoms with Gasteiger partial charge < -0.3 is 9.29 Å². The van der Waals surface area contributed by atoms with Crippen LogP contribution < -0.4 is 10.0 Å². The zero-order valence-corrected chi connectivity index (χ0v) is 20.6. The summed E-state index contributed by atoms with van der Waals surface area (Å²) in [4.78, 5) is 39.6. The number of halogens is 1. The zero-order valence-electron chi connectivity index (χ0n) is 19.8. The monoisotopic (exact) mass is 493 g/mol. The van der Waals surface area contributed by atoms with E-state index in [4.69, 9.17) is 4.74 Å². The van der Waals surface area contributed by atoms with Gasteiger partial charge in [0.2, 0.25) is 11.8 Å². The summed E-state index contributed by atoms with van der Waals surface area (Å²) in [6.45, 7) is 6.45. The average molecular weight is 494 g/mol. The molecule has 4 amide bonds. The fourth-order valence-electron chi connectivity index (χ4n) is 5.01. The lowest BCUT2D eigenvalue weighted by Gasteiger charge is -2.39. The van der Waals surface area contributed by atoms with E-state index in [0.29, 0.717) is 50.9 Å². The maximum absolute atomic E-state index is 14.2. The molecule has 4 rings (SSSR count). The Kier molecular flexibility index (Phi) is 7.06. The van der Waals surface area contributed by atoms with Crippen molar-refractivity contribution in [2.24, 2.45) is 5.92 Å². The number of nitrogens with one attached hydrogen (secondary N) is 2. The first-order chi connectivity index (χ1) is 16.0. The molecule has 0 aromatic heterocycles. The van der Waals surface area contributed by atoms with E-state index in [-0.39, 0.29) is 12.5 Å². The van der Waals surface area contributed by atoms with Crippen LogP contribution in [0.1, 0.15) is 64.0 Å². The number of imide groups is 2. The van der Waals surface area contributed by atoms with Crippen LogP contribution in [0.4, 0.5) is 9.18 Å². The summed E-state index contributed by atoms with van der Waals surface area (Å²) < 4.78 is 35.3. The van der Waals surface area contributed by atoms with Gasteiger partial charge in [-0.25, -0.2) is 9.18 Å². The summed E-state index contributed by atoms with van der Waals surface area (Å²) in [5.74, 6) is -2.57. The zero-order chi connectivity index (χ0) is 24.7. The number of carbonyl (C=O) groups excluding carboxylic acids is 3. The maximum atomic E-state index is 14.2. The third-order valence-corrected chi connectivity index (χ3v) is 8.66. The lowest BCUT2D eigenvalue weighted by molar-refractivity contribution is -0.145. The molecular formula is C24H32FN3O5S. The molecule has 3 aliphatic rings. The number of nitrogens with zero attached hydrogens (tertiary/aromatic N) is 1. The second-order valence-corrected chi connectivity index (χ2v) is 12.3. The molecule has 10 heteroatoms. The van der Waals surface area contributed by atoms with E-state index < -0.39 is 51.2 Å². The van der Waals surface area contributed by atoms with Gasteiger partial charge in [0.15, 0.2) is 0 Å².